The van der Waals surface area contributed by atoms with Crippen LogP contribution in [0.15, 0.2) is 60.9 Å². The van der Waals surface area contributed by atoms with E-state index in [-0.39, 0.29) is 17.6 Å². The van der Waals surface area contributed by atoms with Crippen LogP contribution >= 0.6 is 0 Å². The number of carbonyl (C=O) groups excluding carboxylic acids is 1. The Balaban J connectivity index is 1.42. The zero-order chi connectivity index (χ0) is 25.8. The van der Waals surface area contributed by atoms with Gasteiger partial charge in [0, 0.05) is 36.1 Å². The summed E-state index contributed by atoms with van der Waals surface area (Å²) in [4.78, 5) is 13.5. The summed E-state index contributed by atoms with van der Waals surface area (Å²) in [5, 5.41) is 14.4. The number of rotatable bonds is 6. The third-order valence-corrected chi connectivity index (χ3v) is 6.83. The number of hydrogen-bond acceptors (Lipinski definition) is 5. The third-order valence-electron chi connectivity index (χ3n) is 6.83. The number of carbonyl (C=O) groups is 1. The van der Waals surface area contributed by atoms with E-state index >= 15 is 0 Å². The van der Waals surface area contributed by atoms with Gasteiger partial charge in [0.25, 0.3) is 5.91 Å². The molecule has 3 aromatic rings. The molecule has 194 valence electrons. The van der Waals surface area contributed by atoms with Gasteiger partial charge in [-0.15, -0.1) is 0 Å². The van der Waals surface area contributed by atoms with Gasteiger partial charge in [0.15, 0.2) is 0 Å². The van der Waals surface area contributed by atoms with Gasteiger partial charge in [-0.1, -0.05) is 25.1 Å². The van der Waals surface area contributed by atoms with Crippen LogP contribution in [0.1, 0.15) is 36.9 Å². The molecular weight excluding hydrogens is 476 g/mol. The van der Waals surface area contributed by atoms with Gasteiger partial charge in [0.05, 0.1) is 12.2 Å². The third kappa shape index (κ3) is 6.06. The van der Waals surface area contributed by atoms with Crippen LogP contribution in [-0.4, -0.2) is 41.9 Å². The van der Waals surface area contributed by atoms with Crippen LogP contribution in [0.4, 0.5) is 14.5 Å². The number of nitrogens with zero attached hydrogens (tertiary/aromatic N) is 2. The quantitative estimate of drug-likeness (QED) is 0.445. The van der Waals surface area contributed by atoms with Gasteiger partial charge in [-0.3, -0.25) is 9.48 Å². The Labute approximate surface area is 214 Å². The van der Waals surface area contributed by atoms with E-state index in [0.717, 1.165) is 54.7 Å². The van der Waals surface area contributed by atoms with Gasteiger partial charge in [-0.05, 0) is 78.9 Å². The Morgan fingerprint density at radius 2 is 1.89 bits per heavy atom. The number of amides is 1. The van der Waals surface area contributed by atoms with E-state index in [1.165, 1.54) is 12.1 Å². The average molecular weight is 508 g/mol. The summed E-state index contributed by atoms with van der Waals surface area (Å²) >= 11 is 0. The maximum atomic E-state index is 13.5. The van der Waals surface area contributed by atoms with E-state index in [9.17, 15) is 13.6 Å². The highest BCUT2D eigenvalue weighted by Gasteiger charge is 2.21. The largest absolute Gasteiger partial charge is 0.435 e. The fourth-order valence-electron chi connectivity index (χ4n) is 4.90. The Morgan fingerprint density at radius 3 is 2.65 bits per heavy atom. The summed E-state index contributed by atoms with van der Waals surface area (Å²) in [6, 6.07) is 12.5. The van der Waals surface area contributed by atoms with Crippen molar-refractivity contribution in [3.05, 3.63) is 72.1 Å². The van der Waals surface area contributed by atoms with E-state index < -0.39 is 6.61 Å². The van der Waals surface area contributed by atoms with Crippen molar-refractivity contribution in [3.8, 4) is 16.9 Å². The molecule has 1 saturated heterocycles. The van der Waals surface area contributed by atoms with Gasteiger partial charge in [-0.2, -0.15) is 13.9 Å². The molecule has 0 bridgehead atoms. The highest BCUT2D eigenvalue weighted by molar-refractivity contribution is 6.25. The molecule has 0 radical (unpaired) electrons. The van der Waals surface area contributed by atoms with Crippen molar-refractivity contribution < 1.29 is 18.3 Å². The maximum absolute atomic E-state index is 13.5. The first-order chi connectivity index (χ1) is 18.0. The van der Waals surface area contributed by atoms with Crippen LogP contribution in [0, 0.1) is 5.92 Å². The maximum Gasteiger partial charge on any atom is 0.387 e. The first-order valence-electron chi connectivity index (χ1n) is 12.6. The lowest BCUT2D eigenvalue weighted by molar-refractivity contribution is -0.111. The molecule has 2 aliphatic rings. The molecule has 2 aromatic carbocycles. The fourth-order valence-corrected chi connectivity index (χ4v) is 4.90. The topological polar surface area (TPSA) is 80.2 Å². The standard InChI is InChI=1S/C28H31F2N5O2/c1-18-12-26(27(36)34-22-4-6-24(7-5-22)37-28(29)30)25-13-19(2-3-20(25)15-32-14-18)21-16-33-35(17-21)23-8-10-31-11-9-23/h2-7,12-13,16-18,23,28,31-32H,8-11,14-15H2,1H3,(H,34,36)/b26-12+. The minimum absolute atomic E-state index is 0.0397. The smallest absolute Gasteiger partial charge is 0.387 e. The molecule has 3 N–H and O–H groups in total. The molecule has 2 aliphatic heterocycles. The summed E-state index contributed by atoms with van der Waals surface area (Å²) in [5.41, 5.74) is 4.99. The highest BCUT2D eigenvalue weighted by atomic mass is 19.3. The van der Waals surface area contributed by atoms with E-state index in [0.29, 0.717) is 23.8 Å². The molecule has 9 heteroatoms. The summed E-state index contributed by atoms with van der Waals surface area (Å²) in [6.45, 7) is 2.56. The number of alkyl halides is 2. The molecule has 0 aliphatic carbocycles. The Bertz CT molecular complexity index is 1270. The monoisotopic (exact) mass is 507 g/mol. The highest BCUT2D eigenvalue weighted by Crippen LogP contribution is 2.31. The number of halogens is 2. The van der Waals surface area contributed by atoms with Crippen molar-refractivity contribution in [2.75, 3.05) is 25.0 Å². The molecule has 1 amide bonds. The summed E-state index contributed by atoms with van der Waals surface area (Å²) in [7, 11) is 0. The molecule has 1 unspecified atom stereocenters. The van der Waals surface area contributed by atoms with Crippen LogP contribution in [0.2, 0.25) is 0 Å². The number of aromatic nitrogens is 2. The van der Waals surface area contributed by atoms with Gasteiger partial charge in [0.2, 0.25) is 0 Å². The minimum atomic E-state index is -2.90. The van der Waals surface area contributed by atoms with Crippen molar-refractivity contribution in [2.24, 2.45) is 5.92 Å². The molecule has 37 heavy (non-hydrogen) atoms. The van der Waals surface area contributed by atoms with Gasteiger partial charge in [-0.25, -0.2) is 0 Å². The van der Waals surface area contributed by atoms with E-state index in [4.69, 9.17) is 0 Å². The zero-order valence-corrected chi connectivity index (χ0v) is 20.7. The van der Waals surface area contributed by atoms with Crippen molar-refractivity contribution in [3.63, 3.8) is 0 Å². The summed E-state index contributed by atoms with van der Waals surface area (Å²) in [5.74, 6) is -0.0694. The van der Waals surface area contributed by atoms with E-state index in [1.54, 1.807) is 12.1 Å². The van der Waals surface area contributed by atoms with Crippen LogP contribution in [0.25, 0.3) is 16.7 Å². The number of nitrogens with one attached hydrogen (secondary N) is 3. The van der Waals surface area contributed by atoms with Crippen LogP contribution in [0.3, 0.4) is 0 Å². The van der Waals surface area contributed by atoms with Crippen molar-refractivity contribution in [1.82, 2.24) is 20.4 Å². The summed E-state index contributed by atoms with van der Waals surface area (Å²) < 4.78 is 31.4. The molecule has 3 heterocycles. The zero-order valence-electron chi connectivity index (χ0n) is 20.7. The van der Waals surface area contributed by atoms with Crippen LogP contribution < -0.4 is 20.7 Å². The van der Waals surface area contributed by atoms with Crippen molar-refractivity contribution in [1.29, 1.82) is 0 Å². The molecule has 7 nitrogen and oxygen atoms in total. The minimum Gasteiger partial charge on any atom is -0.435 e. The fraction of sp³-hybridized carbons (Fsp3) is 0.357. The lowest BCUT2D eigenvalue weighted by atomic mass is 9.91. The molecule has 0 saturated carbocycles. The first kappa shape index (κ1) is 25.1. The van der Waals surface area contributed by atoms with E-state index in [1.807, 2.05) is 12.3 Å². The summed E-state index contributed by atoms with van der Waals surface area (Å²) in [6.07, 6.45) is 8.07. The number of fused-ring (bicyclic) bond motifs is 1. The second kappa shape index (κ2) is 11.2. The molecule has 1 aromatic heterocycles. The number of benzene rings is 2. The van der Waals surface area contributed by atoms with Crippen molar-refractivity contribution >= 4 is 17.2 Å². The van der Waals surface area contributed by atoms with Crippen LogP contribution in [-0.2, 0) is 11.3 Å². The van der Waals surface area contributed by atoms with Crippen LogP contribution in [0.5, 0.6) is 5.75 Å². The number of anilines is 1. The molecule has 5 rings (SSSR count). The lowest BCUT2D eigenvalue weighted by Crippen LogP contribution is -2.29. The molecular formula is C28H31F2N5O2. The number of ether oxygens (including phenoxy) is 1. The normalized spacial score (nSPS) is 19.9. The first-order valence-corrected chi connectivity index (χ1v) is 12.6. The molecule has 1 fully saturated rings. The molecule has 0 spiro atoms. The second-order valence-electron chi connectivity index (χ2n) is 9.61. The van der Waals surface area contributed by atoms with Crippen molar-refractivity contribution in [2.45, 2.75) is 39.0 Å². The predicted molar refractivity (Wildman–Crippen MR) is 139 cm³/mol. The van der Waals surface area contributed by atoms with E-state index in [2.05, 4.69) is 61.8 Å². The Kier molecular flexibility index (Phi) is 7.62. The second-order valence-corrected chi connectivity index (χ2v) is 9.61. The predicted octanol–water partition coefficient (Wildman–Crippen LogP) is 4.84. The number of piperidine rings is 1. The number of hydrogen-bond donors (Lipinski definition) is 3. The Morgan fingerprint density at radius 1 is 1.11 bits per heavy atom. The SMILES string of the molecule is CC1/C=C(/C(=O)Nc2ccc(OC(F)F)cc2)c2cc(-c3cnn(C4CCNCC4)c3)ccc2CNC1. The van der Waals surface area contributed by atoms with Gasteiger partial charge < -0.3 is 20.7 Å². The lowest BCUT2D eigenvalue weighted by Gasteiger charge is -2.22. The Hall–Kier alpha value is -3.56. The van der Waals surface area contributed by atoms with Gasteiger partial charge >= 0.3 is 6.61 Å². The average Bonchev–Trinajstić information content (AvgIpc) is 3.38. The van der Waals surface area contributed by atoms with Gasteiger partial charge in [0.1, 0.15) is 5.75 Å². The molecule has 1 atom stereocenters.